The van der Waals surface area contributed by atoms with E-state index in [1.807, 2.05) is 67.4 Å². The molecule has 39 heavy (non-hydrogen) atoms. The summed E-state index contributed by atoms with van der Waals surface area (Å²) < 4.78 is 5.86. The summed E-state index contributed by atoms with van der Waals surface area (Å²) in [4.78, 5) is 38.1. The van der Waals surface area contributed by atoms with Gasteiger partial charge in [-0.15, -0.1) is 0 Å². The molecule has 4 aromatic rings. The number of nitrogens with zero attached hydrogens (tertiary/aromatic N) is 4. The summed E-state index contributed by atoms with van der Waals surface area (Å²) in [5.74, 6) is 0.859. The molecule has 2 aromatic heterocycles. The number of ether oxygens (including phenoxy) is 1. The first kappa shape index (κ1) is 25.7. The third kappa shape index (κ3) is 5.38. The highest BCUT2D eigenvalue weighted by molar-refractivity contribution is 6.13. The molecule has 0 spiro atoms. The van der Waals surface area contributed by atoms with E-state index in [1.54, 1.807) is 42.7 Å². The lowest BCUT2D eigenvalue weighted by Gasteiger charge is -2.23. The van der Waals surface area contributed by atoms with Gasteiger partial charge in [-0.2, -0.15) is 0 Å². The van der Waals surface area contributed by atoms with Crippen molar-refractivity contribution in [2.75, 3.05) is 42.4 Å². The fraction of sp³-hybridized carbons (Fsp3) is 0.200. The van der Waals surface area contributed by atoms with E-state index in [1.165, 1.54) is 0 Å². The highest BCUT2D eigenvalue weighted by Crippen LogP contribution is 2.40. The maximum Gasteiger partial charge on any atom is 0.260 e. The van der Waals surface area contributed by atoms with Crippen LogP contribution in [0, 0.1) is 0 Å². The predicted octanol–water partition coefficient (Wildman–Crippen LogP) is 4.95. The van der Waals surface area contributed by atoms with E-state index < -0.39 is 0 Å². The zero-order valence-corrected chi connectivity index (χ0v) is 22.1. The van der Waals surface area contributed by atoms with Crippen LogP contribution in [0.5, 0.6) is 5.75 Å². The molecule has 0 unspecified atom stereocenters. The van der Waals surface area contributed by atoms with Crippen molar-refractivity contribution in [2.24, 2.45) is 0 Å². The van der Waals surface area contributed by atoms with Crippen molar-refractivity contribution in [3.05, 3.63) is 95.9 Å². The maximum atomic E-state index is 13.1. The standard InChI is InChI=1S/C30H30N6O3/c1-4-39-27-17-21(29(37)32-16-13-20-11-14-31-15-12-20)9-10-23(27)34-28-18-25-26(19-33-28)36(3)30(38)22-7-5-6-8-24(22)35(25)2/h5-12,14-15,17-19H,4,13,16H2,1-3H3,(H,32,37)(H,33,34). The van der Waals surface area contributed by atoms with Crippen LogP contribution in [-0.4, -0.2) is 49.0 Å². The number of pyridine rings is 2. The Morgan fingerprint density at radius 2 is 1.74 bits per heavy atom. The molecule has 0 saturated carbocycles. The maximum absolute atomic E-state index is 13.1. The number of hydrogen-bond donors (Lipinski definition) is 2. The van der Waals surface area contributed by atoms with Gasteiger partial charge in [-0.3, -0.25) is 14.6 Å². The minimum Gasteiger partial charge on any atom is -0.492 e. The summed E-state index contributed by atoms with van der Waals surface area (Å²) >= 11 is 0. The molecule has 198 valence electrons. The van der Waals surface area contributed by atoms with E-state index in [-0.39, 0.29) is 11.8 Å². The monoisotopic (exact) mass is 522 g/mol. The van der Waals surface area contributed by atoms with Crippen molar-refractivity contribution in [3.63, 3.8) is 0 Å². The van der Waals surface area contributed by atoms with E-state index in [0.717, 1.165) is 23.4 Å². The van der Waals surface area contributed by atoms with Gasteiger partial charge < -0.3 is 25.2 Å². The molecule has 9 nitrogen and oxygen atoms in total. The molecule has 0 bridgehead atoms. The number of hydrogen-bond acceptors (Lipinski definition) is 7. The summed E-state index contributed by atoms with van der Waals surface area (Å²) in [5.41, 5.74) is 5.27. The van der Waals surface area contributed by atoms with E-state index in [9.17, 15) is 9.59 Å². The highest BCUT2D eigenvalue weighted by Gasteiger charge is 2.27. The Kier molecular flexibility index (Phi) is 7.40. The normalized spacial score (nSPS) is 12.3. The van der Waals surface area contributed by atoms with Crippen molar-refractivity contribution in [3.8, 4) is 5.75 Å². The number of carbonyl (C=O) groups excluding carboxylic acids is 2. The fourth-order valence-electron chi connectivity index (χ4n) is 4.55. The summed E-state index contributed by atoms with van der Waals surface area (Å²) in [7, 11) is 3.68. The number of carbonyl (C=O) groups is 2. The van der Waals surface area contributed by atoms with Gasteiger partial charge in [0.15, 0.2) is 0 Å². The molecule has 2 N–H and O–H groups in total. The molecule has 0 aliphatic carbocycles. The molecule has 1 aliphatic heterocycles. The van der Waals surface area contributed by atoms with Gasteiger partial charge in [-0.25, -0.2) is 4.98 Å². The summed E-state index contributed by atoms with van der Waals surface area (Å²) in [6, 6.07) is 18.6. The number of rotatable bonds is 8. The number of anilines is 5. The van der Waals surface area contributed by atoms with Crippen LogP contribution >= 0.6 is 0 Å². The van der Waals surface area contributed by atoms with Gasteiger partial charge in [0.25, 0.3) is 11.8 Å². The van der Waals surface area contributed by atoms with Crippen LogP contribution in [0.2, 0.25) is 0 Å². The van der Waals surface area contributed by atoms with Crippen molar-refractivity contribution in [2.45, 2.75) is 13.3 Å². The first-order valence-corrected chi connectivity index (χ1v) is 12.8. The fourth-order valence-corrected chi connectivity index (χ4v) is 4.55. The van der Waals surface area contributed by atoms with E-state index in [0.29, 0.717) is 47.2 Å². The second-order valence-electron chi connectivity index (χ2n) is 9.13. The van der Waals surface area contributed by atoms with Crippen molar-refractivity contribution < 1.29 is 14.3 Å². The minimum absolute atomic E-state index is 0.0908. The molecule has 0 saturated heterocycles. The van der Waals surface area contributed by atoms with Gasteiger partial charge in [-0.1, -0.05) is 12.1 Å². The highest BCUT2D eigenvalue weighted by atomic mass is 16.5. The minimum atomic E-state index is -0.173. The largest absolute Gasteiger partial charge is 0.492 e. The lowest BCUT2D eigenvalue weighted by molar-refractivity contribution is 0.0952. The van der Waals surface area contributed by atoms with Gasteiger partial charge in [0.05, 0.1) is 41.1 Å². The topological polar surface area (TPSA) is 99.7 Å². The Morgan fingerprint density at radius 1 is 0.949 bits per heavy atom. The molecule has 5 rings (SSSR count). The third-order valence-electron chi connectivity index (χ3n) is 6.64. The summed E-state index contributed by atoms with van der Waals surface area (Å²) in [6.07, 6.45) is 5.88. The Bertz CT molecular complexity index is 1510. The molecular weight excluding hydrogens is 492 g/mol. The number of fused-ring (bicyclic) bond motifs is 2. The van der Waals surface area contributed by atoms with Gasteiger partial charge in [-0.05, 0) is 61.4 Å². The predicted molar refractivity (Wildman–Crippen MR) is 153 cm³/mol. The Morgan fingerprint density at radius 3 is 2.54 bits per heavy atom. The first-order valence-electron chi connectivity index (χ1n) is 12.8. The smallest absolute Gasteiger partial charge is 0.260 e. The van der Waals surface area contributed by atoms with E-state index in [4.69, 9.17) is 4.74 Å². The first-order chi connectivity index (χ1) is 19.0. The Balaban J connectivity index is 1.36. The lowest BCUT2D eigenvalue weighted by atomic mass is 10.1. The second-order valence-corrected chi connectivity index (χ2v) is 9.13. The Labute approximate surface area is 227 Å². The molecule has 0 radical (unpaired) electrons. The number of nitrogens with one attached hydrogen (secondary N) is 2. The molecular formula is C30H30N6O3. The molecule has 2 amide bonds. The van der Waals surface area contributed by atoms with Crippen molar-refractivity contribution in [1.29, 1.82) is 0 Å². The SMILES string of the molecule is CCOc1cc(C(=O)NCCc2ccncc2)ccc1Nc1cc2c(cn1)N(C)C(=O)c1ccccc1N2C. The zero-order valence-electron chi connectivity index (χ0n) is 22.1. The van der Waals surface area contributed by atoms with Crippen LogP contribution in [0.3, 0.4) is 0 Å². The summed E-state index contributed by atoms with van der Waals surface area (Å²) in [5, 5.41) is 6.29. The van der Waals surface area contributed by atoms with Crippen molar-refractivity contribution >= 4 is 40.4 Å². The average Bonchev–Trinajstić information content (AvgIpc) is 3.04. The number of amides is 2. The average molecular weight is 523 g/mol. The number of aromatic nitrogens is 2. The van der Waals surface area contributed by atoms with Gasteiger partial charge in [0.2, 0.25) is 0 Å². The second kappa shape index (κ2) is 11.2. The molecule has 1 aliphatic rings. The van der Waals surface area contributed by atoms with Crippen LogP contribution in [0.4, 0.5) is 28.6 Å². The summed E-state index contributed by atoms with van der Waals surface area (Å²) in [6.45, 7) is 2.84. The molecule has 9 heteroatoms. The number of benzene rings is 2. The quantitative estimate of drug-likeness (QED) is 0.338. The number of para-hydroxylation sites is 1. The van der Waals surface area contributed by atoms with Crippen LogP contribution in [0.25, 0.3) is 0 Å². The lowest BCUT2D eigenvalue weighted by Crippen LogP contribution is -2.25. The van der Waals surface area contributed by atoms with Gasteiger partial charge >= 0.3 is 0 Å². The van der Waals surface area contributed by atoms with Crippen LogP contribution in [0.1, 0.15) is 33.2 Å². The molecule has 2 aromatic carbocycles. The van der Waals surface area contributed by atoms with Crippen LogP contribution < -0.4 is 25.2 Å². The van der Waals surface area contributed by atoms with E-state index >= 15 is 0 Å². The molecule has 0 atom stereocenters. The molecule has 0 fully saturated rings. The van der Waals surface area contributed by atoms with Gasteiger partial charge in [0, 0.05) is 44.7 Å². The van der Waals surface area contributed by atoms with E-state index in [2.05, 4.69) is 20.6 Å². The van der Waals surface area contributed by atoms with Crippen LogP contribution in [-0.2, 0) is 6.42 Å². The third-order valence-corrected chi connectivity index (χ3v) is 6.64. The molecule has 3 heterocycles. The Hall–Kier alpha value is -4.92. The van der Waals surface area contributed by atoms with Crippen molar-refractivity contribution in [1.82, 2.24) is 15.3 Å². The van der Waals surface area contributed by atoms with Gasteiger partial charge in [0.1, 0.15) is 11.6 Å². The zero-order chi connectivity index (χ0) is 27.4. The van der Waals surface area contributed by atoms with Crippen LogP contribution in [0.15, 0.2) is 79.3 Å².